The van der Waals surface area contributed by atoms with Gasteiger partial charge in [-0.05, 0) is 25.0 Å². The van der Waals surface area contributed by atoms with Gasteiger partial charge in [-0.3, -0.25) is 14.5 Å². The highest BCUT2D eigenvalue weighted by Gasteiger charge is 2.29. The van der Waals surface area contributed by atoms with E-state index in [0.717, 1.165) is 32.6 Å². The van der Waals surface area contributed by atoms with Gasteiger partial charge < -0.3 is 20.1 Å². The van der Waals surface area contributed by atoms with Crippen molar-refractivity contribution < 1.29 is 19.1 Å². The third-order valence-electron chi connectivity index (χ3n) is 5.39. The third kappa shape index (κ3) is 6.27. The summed E-state index contributed by atoms with van der Waals surface area (Å²) in [5.41, 5.74) is 6.38. The molecular formula is C22H32N6O4. The van der Waals surface area contributed by atoms with Crippen molar-refractivity contribution in [3.63, 3.8) is 0 Å². The molecule has 10 nitrogen and oxygen atoms in total. The van der Waals surface area contributed by atoms with Crippen LogP contribution in [0.4, 0.5) is 5.69 Å². The van der Waals surface area contributed by atoms with Crippen molar-refractivity contribution in [2.45, 2.75) is 39.0 Å². The molecule has 2 saturated heterocycles. The van der Waals surface area contributed by atoms with Gasteiger partial charge in [0.25, 0.3) is 5.91 Å². The molecule has 0 aliphatic carbocycles. The molecule has 2 aromatic rings. The Bertz CT molecular complexity index is 866. The molecule has 2 atom stereocenters. The molecule has 174 valence electrons. The lowest BCUT2D eigenvalue weighted by molar-refractivity contribution is -0.149. The molecule has 2 fully saturated rings. The van der Waals surface area contributed by atoms with Gasteiger partial charge in [-0.1, -0.05) is 32.0 Å². The number of rotatable bonds is 7. The quantitative estimate of drug-likeness (QED) is 0.638. The van der Waals surface area contributed by atoms with Crippen LogP contribution >= 0.6 is 0 Å². The second kappa shape index (κ2) is 11.6. The molecule has 2 aliphatic rings. The number of piperazine rings is 1. The highest BCUT2D eigenvalue weighted by molar-refractivity contribution is 5.88. The van der Waals surface area contributed by atoms with Gasteiger partial charge in [0, 0.05) is 31.9 Å². The lowest BCUT2D eigenvalue weighted by Gasteiger charge is -2.35. The highest BCUT2D eigenvalue weighted by Crippen LogP contribution is 2.27. The molecule has 0 saturated carbocycles. The van der Waals surface area contributed by atoms with Crippen LogP contribution in [0.1, 0.15) is 43.5 Å². The van der Waals surface area contributed by atoms with Crippen molar-refractivity contribution in [3.05, 3.63) is 42.5 Å². The van der Waals surface area contributed by atoms with Crippen molar-refractivity contribution in [2.24, 2.45) is 5.73 Å². The van der Waals surface area contributed by atoms with Crippen LogP contribution in [-0.2, 0) is 14.3 Å². The predicted molar refractivity (Wildman–Crippen MR) is 119 cm³/mol. The fourth-order valence-corrected chi connectivity index (χ4v) is 3.75. The van der Waals surface area contributed by atoms with E-state index < -0.39 is 5.91 Å². The molecule has 1 amide bonds. The monoisotopic (exact) mass is 444 g/mol. The van der Waals surface area contributed by atoms with Crippen molar-refractivity contribution in [1.29, 1.82) is 0 Å². The number of ether oxygens (including phenoxy) is 2. The zero-order valence-corrected chi connectivity index (χ0v) is 18.7. The van der Waals surface area contributed by atoms with Crippen LogP contribution in [0.5, 0.6) is 0 Å². The maximum Gasteiger partial charge on any atom is 0.320 e. The Morgan fingerprint density at radius 2 is 1.84 bits per heavy atom. The molecule has 1 aromatic heterocycles. The van der Waals surface area contributed by atoms with Gasteiger partial charge in [0.1, 0.15) is 12.9 Å². The lowest BCUT2D eigenvalue weighted by Crippen LogP contribution is -2.48. The molecule has 0 radical (unpaired) electrons. The Balaban J connectivity index is 0.00000141. The molecule has 2 aliphatic heterocycles. The van der Waals surface area contributed by atoms with E-state index >= 15 is 0 Å². The fourth-order valence-electron chi connectivity index (χ4n) is 3.75. The summed E-state index contributed by atoms with van der Waals surface area (Å²) < 4.78 is 12.8. The first-order valence-electron chi connectivity index (χ1n) is 11.1. The molecule has 2 N–H and O–H groups in total. The number of carbonyl (C=O) groups is 2. The summed E-state index contributed by atoms with van der Waals surface area (Å²) in [5.74, 6) is -0.963. The van der Waals surface area contributed by atoms with E-state index in [9.17, 15) is 9.59 Å². The fraction of sp³-hybridized carbons (Fsp3) is 0.545. The van der Waals surface area contributed by atoms with E-state index in [4.69, 9.17) is 15.2 Å². The number of nitrogens with zero attached hydrogens (tertiary/aromatic N) is 5. The summed E-state index contributed by atoms with van der Waals surface area (Å²) in [6.07, 6.45) is 2.33. The van der Waals surface area contributed by atoms with Gasteiger partial charge >= 0.3 is 5.97 Å². The smallest absolute Gasteiger partial charge is 0.320 e. The first kappa shape index (κ1) is 23.7. The predicted octanol–water partition coefficient (Wildman–Crippen LogP) is 1.45. The minimum absolute atomic E-state index is 0.0409. The summed E-state index contributed by atoms with van der Waals surface area (Å²) in [7, 11) is 0. The van der Waals surface area contributed by atoms with Gasteiger partial charge in [-0.2, -0.15) is 0 Å². The van der Waals surface area contributed by atoms with Crippen LogP contribution in [0.25, 0.3) is 0 Å². The van der Waals surface area contributed by atoms with E-state index in [2.05, 4.69) is 32.0 Å². The third-order valence-corrected chi connectivity index (χ3v) is 5.39. The number of para-hydroxylation sites is 1. The Morgan fingerprint density at radius 3 is 2.50 bits per heavy atom. The second-order valence-electron chi connectivity index (χ2n) is 7.48. The largest absolute Gasteiger partial charge is 0.462 e. The van der Waals surface area contributed by atoms with Gasteiger partial charge in [0.15, 0.2) is 6.23 Å². The van der Waals surface area contributed by atoms with Gasteiger partial charge in [0.2, 0.25) is 5.82 Å². The minimum Gasteiger partial charge on any atom is -0.462 e. The number of hydrogen-bond acceptors (Lipinski definition) is 8. The van der Waals surface area contributed by atoms with Crippen LogP contribution < -0.4 is 10.6 Å². The van der Waals surface area contributed by atoms with E-state index in [1.165, 1.54) is 16.7 Å². The van der Waals surface area contributed by atoms with Crippen LogP contribution in [-0.4, -0.2) is 77.0 Å². The highest BCUT2D eigenvalue weighted by atomic mass is 16.6. The first-order valence-corrected chi connectivity index (χ1v) is 11.1. The summed E-state index contributed by atoms with van der Waals surface area (Å²) >= 11 is 0. The number of esters is 1. The molecular weight excluding hydrogens is 412 g/mol. The van der Waals surface area contributed by atoms with Crippen molar-refractivity contribution in [1.82, 2.24) is 19.7 Å². The standard InChI is InChI=1S/C20H26N6O4.C2H6/c21-19(28)20-22-14-26(23-20)17-7-6-16(30-17)13-29-18(27)12-24-8-10-25(11-9-24)15-4-2-1-3-5-15;1-2/h1-5,14,16-17H,6-13H2,(H2,21,28);1-2H3. The first-order chi connectivity index (χ1) is 15.6. The molecule has 10 heteroatoms. The van der Waals surface area contributed by atoms with Crippen LogP contribution in [0.15, 0.2) is 36.7 Å². The number of carbonyl (C=O) groups excluding carboxylic acids is 2. The summed E-state index contributed by atoms with van der Waals surface area (Å²) in [5, 5.41) is 4.01. The van der Waals surface area contributed by atoms with Gasteiger partial charge in [-0.15, -0.1) is 5.10 Å². The lowest BCUT2D eigenvalue weighted by atomic mass is 10.2. The molecule has 32 heavy (non-hydrogen) atoms. The SMILES string of the molecule is CC.NC(=O)c1ncn(C2CCC(COC(=O)CN3CCN(c4ccccc4)CC3)O2)n1. The molecule has 3 heterocycles. The normalized spacial score (nSPS) is 21.0. The number of aromatic nitrogens is 3. The molecule has 4 rings (SSSR count). The number of benzene rings is 1. The average Bonchev–Trinajstić information content (AvgIpc) is 3.50. The number of hydrogen-bond donors (Lipinski definition) is 1. The number of nitrogens with two attached hydrogens (primary N) is 1. The van der Waals surface area contributed by atoms with Crippen molar-refractivity contribution in [2.75, 3.05) is 44.2 Å². The Kier molecular flexibility index (Phi) is 8.57. The second-order valence-corrected chi connectivity index (χ2v) is 7.48. The molecule has 0 bridgehead atoms. The Labute approximate surface area is 188 Å². The molecule has 0 spiro atoms. The Hall–Kier alpha value is -2.98. The summed E-state index contributed by atoms with van der Waals surface area (Å²) in [6.45, 7) is 7.90. The van der Waals surface area contributed by atoms with E-state index in [-0.39, 0.29) is 37.3 Å². The zero-order valence-electron chi connectivity index (χ0n) is 18.7. The topological polar surface area (TPSA) is 116 Å². The Morgan fingerprint density at radius 1 is 1.12 bits per heavy atom. The van der Waals surface area contributed by atoms with E-state index in [1.54, 1.807) is 0 Å². The maximum atomic E-state index is 12.2. The van der Waals surface area contributed by atoms with Gasteiger partial charge in [-0.25, -0.2) is 9.67 Å². The maximum absolute atomic E-state index is 12.2. The zero-order chi connectivity index (χ0) is 22.9. The van der Waals surface area contributed by atoms with Crippen LogP contribution in [0, 0.1) is 0 Å². The van der Waals surface area contributed by atoms with Gasteiger partial charge in [0.05, 0.1) is 12.6 Å². The molecule has 1 aromatic carbocycles. The van der Waals surface area contributed by atoms with Crippen molar-refractivity contribution >= 4 is 17.6 Å². The average molecular weight is 445 g/mol. The van der Waals surface area contributed by atoms with E-state index in [1.807, 2.05) is 32.0 Å². The van der Waals surface area contributed by atoms with Crippen molar-refractivity contribution in [3.8, 4) is 0 Å². The van der Waals surface area contributed by atoms with E-state index in [0.29, 0.717) is 6.42 Å². The minimum atomic E-state index is -0.679. The number of amides is 1. The summed E-state index contributed by atoms with van der Waals surface area (Å²) in [4.78, 5) is 31.6. The van der Waals surface area contributed by atoms with Crippen LogP contribution in [0.3, 0.4) is 0 Å². The summed E-state index contributed by atoms with van der Waals surface area (Å²) in [6, 6.07) is 10.3. The molecule has 2 unspecified atom stereocenters. The van der Waals surface area contributed by atoms with Crippen LogP contribution in [0.2, 0.25) is 0 Å². The number of anilines is 1. The number of primary amides is 1.